The number of hydrogen-bond acceptors (Lipinski definition) is 3. The van der Waals surface area contributed by atoms with Crippen LogP contribution in [0.2, 0.25) is 0 Å². The fraction of sp³-hybridized carbons (Fsp3) is 0.111. The lowest BCUT2D eigenvalue weighted by molar-refractivity contribution is 1.06. The maximum Gasteiger partial charge on any atom is 0.0777 e. The largest absolute Gasteiger partial charge is 0.326 e. The highest BCUT2D eigenvalue weighted by Gasteiger charge is 1.98. The molecule has 0 spiro atoms. The van der Waals surface area contributed by atoms with Crippen LogP contribution in [-0.4, -0.2) is 9.97 Å². The van der Waals surface area contributed by atoms with E-state index < -0.39 is 0 Å². The lowest BCUT2D eigenvalue weighted by Crippen LogP contribution is -1.98. The van der Waals surface area contributed by atoms with E-state index in [1.807, 2.05) is 12.1 Å². The molecule has 0 bridgehead atoms. The maximum atomic E-state index is 5.54. The highest BCUT2D eigenvalue weighted by atomic mass is 35.5. The van der Waals surface area contributed by atoms with E-state index in [0.717, 1.165) is 16.5 Å². The first kappa shape index (κ1) is 16.8. The molecule has 84 valence electrons. The van der Waals surface area contributed by atoms with Crippen LogP contribution in [0.4, 0.5) is 0 Å². The molecule has 2 N–H and O–H groups in total. The molecular formula is C9H12Cl3N3. The molecule has 0 fully saturated rings. The van der Waals surface area contributed by atoms with Gasteiger partial charge in [0.2, 0.25) is 0 Å². The van der Waals surface area contributed by atoms with Crippen LogP contribution in [0.5, 0.6) is 0 Å². The number of pyridine rings is 2. The van der Waals surface area contributed by atoms with Crippen LogP contribution in [0.15, 0.2) is 30.7 Å². The molecule has 0 aromatic carbocycles. The van der Waals surface area contributed by atoms with Gasteiger partial charge in [0, 0.05) is 36.1 Å². The lowest BCUT2D eigenvalue weighted by Gasteiger charge is -2.00. The third-order valence-corrected chi connectivity index (χ3v) is 1.81. The van der Waals surface area contributed by atoms with E-state index in [4.69, 9.17) is 5.73 Å². The Morgan fingerprint density at radius 3 is 2.53 bits per heavy atom. The number of halogens is 3. The number of rotatable bonds is 1. The molecule has 0 saturated heterocycles. The zero-order chi connectivity index (χ0) is 8.39. The van der Waals surface area contributed by atoms with E-state index in [1.165, 1.54) is 0 Å². The van der Waals surface area contributed by atoms with Gasteiger partial charge >= 0.3 is 0 Å². The number of fused-ring (bicyclic) bond motifs is 1. The number of hydrogen-bond donors (Lipinski definition) is 1. The third kappa shape index (κ3) is 3.47. The highest BCUT2D eigenvalue weighted by molar-refractivity contribution is 5.86. The van der Waals surface area contributed by atoms with Crippen molar-refractivity contribution in [2.24, 2.45) is 5.73 Å². The molecule has 15 heavy (non-hydrogen) atoms. The lowest BCUT2D eigenvalue weighted by atomic mass is 10.2. The van der Waals surface area contributed by atoms with Crippen molar-refractivity contribution in [2.75, 3.05) is 0 Å². The van der Waals surface area contributed by atoms with Crippen LogP contribution in [0.25, 0.3) is 10.9 Å². The van der Waals surface area contributed by atoms with Crippen molar-refractivity contribution in [1.29, 1.82) is 0 Å². The van der Waals surface area contributed by atoms with Crippen LogP contribution in [0, 0.1) is 0 Å². The molecule has 0 aliphatic rings. The Balaban J connectivity index is 0. The predicted molar refractivity (Wildman–Crippen MR) is 69.2 cm³/mol. The Kier molecular flexibility index (Phi) is 8.57. The number of nitrogens with zero attached hydrogens (tertiary/aromatic N) is 2. The summed E-state index contributed by atoms with van der Waals surface area (Å²) < 4.78 is 0. The van der Waals surface area contributed by atoms with Gasteiger partial charge in [-0.2, -0.15) is 0 Å². The maximum absolute atomic E-state index is 5.54. The Morgan fingerprint density at radius 2 is 1.87 bits per heavy atom. The van der Waals surface area contributed by atoms with E-state index in [0.29, 0.717) is 6.54 Å². The first-order valence-electron chi connectivity index (χ1n) is 3.79. The van der Waals surface area contributed by atoms with Crippen LogP contribution in [0.3, 0.4) is 0 Å². The van der Waals surface area contributed by atoms with Crippen molar-refractivity contribution in [3.63, 3.8) is 0 Å². The first-order valence-corrected chi connectivity index (χ1v) is 3.79. The number of nitrogens with two attached hydrogens (primary N) is 1. The summed E-state index contributed by atoms with van der Waals surface area (Å²) in [6.07, 6.45) is 5.32. The summed E-state index contributed by atoms with van der Waals surface area (Å²) in [5, 5.41) is 1.04. The van der Waals surface area contributed by atoms with E-state index >= 15 is 0 Å². The monoisotopic (exact) mass is 267 g/mol. The fourth-order valence-electron chi connectivity index (χ4n) is 1.21. The van der Waals surface area contributed by atoms with Crippen molar-refractivity contribution in [1.82, 2.24) is 9.97 Å². The van der Waals surface area contributed by atoms with Gasteiger partial charge in [0.15, 0.2) is 0 Å². The average Bonchev–Trinajstić information content (AvgIpc) is 2.17. The van der Waals surface area contributed by atoms with Crippen molar-refractivity contribution in [2.45, 2.75) is 6.54 Å². The molecule has 2 heterocycles. The van der Waals surface area contributed by atoms with E-state index in [1.54, 1.807) is 18.6 Å². The quantitative estimate of drug-likeness (QED) is 0.864. The normalized spacial score (nSPS) is 8.33. The predicted octanol–water partition coefficient (Wildman–Crippen LogP) is 2.35. The van der Waals surface area contributed by atoms with Crippen molar-refractivity contribution >= 4 is 48.1 Å². The van der Waals surface area contributed by atoms with Gasteiger partial charge in [-0.3, -0.25) is 9.97 Å². The average molecular weight is 269 g/mol. The molecule has 0 aliphatic heterocycles. The fourth-order valence-corrected chi connectivity index (χ4v) is 1.21. The van der Waals surface area contributed by atoms with E-state index in [-0.39, 0.29) is 37.2 Å². The summed E-state index contributed by atoms with van der Waals surface area (Å²) in [7, 11) is 0. The zero-order valence-electron chi connectivity index (χ0n) is 7.79. The molecule has 0 unspecified atom stereocenters. The topological polar surface area (TPSA) is 51.8 Å². The minimum absolute atomic E-state index is 0. The summed E-state index contributed by atoms with van der Waals surface area (Å²) in [5.41, 5.74) is 7.48. The van der Waals surface area contributed by atoms with Gasteiger partial charge in [-0.1, -0.05) is 0 Å². The second-order valence-electron chi connectivity index (χ2n) is 2.58. The number of aromatic nitrogens is 2. The first-order chi connectivity index (χ1) is 5.92. The van der Waals surface area contributed by atoms with Crippen molar-refractivity contribution < 1.29 is 0 Å². The van der Waals surface area contributed by atoms with Crippen LogP contribution >= 0.6 is 37.2 Å². The second-order valence-corrected chi connectivity index (χ2v) is 2.58. The van der Waals surface area contributed by atoms with Crippen LogP contribution in [-0.2, 0) is 6.54 Å². The Hall–Kier alpha value is -0.610. The molecule has 0 saturated carbocycles. The van der Waals surface area contributed by atoms with Gasteiger partial charge in [-0.15, -0.1) is 37.2 Å². The Labute approximate surface area is 107 Å². The molecule has 2 rings (SSSR count). The van der Waals surface area contributed by atoms with E-state index in [9.17, 15) is 0 Å². The summed E-state index contributed by atoms with van der Waals surface area (Å²) in [6, 6.07) is 3.87. The van der Waals surface area contributed by atoms with Gasteiger partial charge in [-0.05, 0) is 12.1 Å². The third-order valence-electron chi connectivity index (χ3n) is 1.81. The molecule has 0 amide bonds. The summed E-state index contributed by atoms with van der Waals surface area (Å²) in [6.45, 7) is 0.487. The molecule has 0 atom stereocenters. The molecule has 6 heteroatoms. The molecular weight excluding hydrogens is 256 g/mol. The summed E-state index contributed by atoms with van der Waals surface area (Å²) in [5.74, 6) is 0. The molecule has 2 aromatic rings. The summed E-state index contributed by atoms with van der Waals surface area (Å²) in [4.78, 5) is 8.30. The Bertz CT molecular complexity index is 403. The van der Waals surface area contributed by atoms with Crippen molar-refractivity contribution in [3.8, 4) is 0 Å². The second kappa shape index (κ2) is 7.65. The minimum atomic E-state index is 0. The molecule has 2 aromatic heterocycles. The van der Waals surface area contributed by atoms with Crippen LogP contribution in [0.1, 0.15) is 5.56 Å². The van der Waals surface area contributed by atoms with Gasteiger partial charge in [-0.25, -0.2) is 0 Å². The van der Waals surface area contributed by atoms with Gasteiger partial charge < -0.3 is 5.73 Å². The highest BCUT2D eigenvalue weighted by Crippen LogP contribution is 2.12. The van der Waals surface area contributed by atoms with Gasteiger partial charge in [0.05, 0.1) is 5.52 Å². The van der Waals surface area contributed by atoms with Crippen molar-refractivity contribution in [3.05, 3.63) is 36.3 Å². The minimum Gasteiger partial charge on any atom is -0.326 e. The SMILES string of the molecule is Cl.Cl.Cl.NCc1cncc2cccnc12. The molecule has 0 aliphatic carbocycles. The Morgan fingerprint density at radius 1 is 1.13 bits per heavy atom. The molecule has 3 nitrogen and oxygen atoms in total. The van der Waals surface area contributed by atoms with Crippen LogP contribution < -0.4 is 5.73 Å². The smallest absolute Gasteiger partial charge is 0.0777 e. The van der Waals surface area contributed by atoms with Gasteiger partial charge in [0.25, 0.3) is 0 Å². The van der Waals surface area contributed by atoms with Gasteiger partial charge in [0.1, 0.15) is 0 Å². The van der Waals surface area contributed by atoms with E-state index in [2.05, 4.69) is 9.97 Å². The summed E-state index contributed by atoms with van der Waals surface area (Å²) >= 11 is 0. The molecule has 0 radical (unpaired) electrons. The zero-order valence-corrected chi connectivity index (χ0v) is 10.2. The standard InChI is InChI=1S/C9H9N3.3ClH/c10-4-8-6-11-5-7-2-1-3-12-9(7)8;;;/h1-3,5-6H,4,10H2;3*1H.